The second kappa shape index (κ2) is 7.29. The Bertz CT molecular complexity index is 420. The van der Waals surface area contributed by atoms with E-state index in [1.165, 1.54) is 4.90 Å². The Morgan fingerprint density at radius 3 is 2.40 bits per heavy atom. The molecule has 0 saturated carbocycles. The number of ether oxygens (including phenoxy) is 1. The first-order chi connectivity index (χ1) is 9.33. The largest absolute Gasteiger partial charge is 0.494 e. The minimum atomic E-state index is -0.895. The predicted octanol–water partition coefficient (Wildman–Crippen LogP) is 2.71. The fourth-order valence-electron chi connectivity index (χ4n) is 1.90. The molecule has 4 nitrogen and oxygen atoms in total. The van der Waals surface area contributed by atoms with Crippen LogP contribution in [-0.4, -0.2) is 41.7 Å². The molecule has 0 heterocycles. The van der Waals surface area contributed by atoms with E-state index in [-0.39, 0.29) is 5.91 Å². The van der Waals surface area contributed by atoms with Crippen LogP contribution in [0.2, 0.25) is 0 Å². The molecule has 0 aliphatic carbocycles. The van der Waals surface area contributed by atoms with E-state index in [0.717, 1.165) is 18.6 Å². The van der Waals surface area contributed by atoms with Crippen molar-refractivity contribution in [1.29, 1.82) is 0 Å². The quantitative estimate of drug-likeness (QED) is 0.781. The summed E-state index contributed by atoms with van der Waals surface area (Å²) >= 11 is 0. The summed E-state index contributed by atoms with van der Waals surface area (Å²) in [7, 11) is 1.69. The maximum Gasteiger partial charge on any atom is 0.253 e. The normalized spacial score (nSPS) is 11.2. The molecule has 0 aromatic heterocycles. The Morgan fingerprint density at radius 2 is 1.90 bits per heavy atom. The Balaban J connectivity index is 2.61. The van der Waals surface area contributed by atoms with E-state index in [1.54, 1.807) is 45.2 Å². The van der Waals surface area contributed by atoms with Crippen molar-refractivity contribution in [3.63, 3.8) is 0 Å². The van der Waals surface area contributed by atoms with E-state index < -0.39 is 5.60 Å². The average molecular weight is 279 g/mol. The topological polar surface area (TPSA) is 49.8 Å². The molecule has 1 aromatic rings. The minimum Gasteiger partial charge on any atom is -0.494 e. The highest BCUT2D eigenvalue weighted by molar-refractivity contribution is 5.94. The second-order valence-corrected chi connectivity index (χ2v) is 5.70. The third-order valence-corrected chi connectivity index (χ3v) is 2.84. The van der Waals surface area contributed by atoms with Crippen LogP contribution in [0.25, 0.3) is 0 Å². The number of aliphatic hydroxyl groups is 1. The Labute approximate surface area is 121 Å². The van der Waals surface area contributed by atoms with Crippen molar-refractivity contribution in [2.75, 3.05) is 20.2 Å². The summed E-state index contributed by atoms with van der Waals surface area (Å²) in [6.45, 7) is 6.47. The molecule has 0 atom stereocenters. The van der Waals surface area contributed by atoms with Crippen LogP contribution in [0.3, 0.4) is 0 Å². The van der Waals surface area contributed by atoms with Crippen LogP contribution in [0.5, 0.6) is 5.75 Å². The van der Waals surface area contributed by atoms with Gasteiger partial charge in [0.25, 0.3) is 5.91 Å². The summed E-state index contributed by atoms with van der Waals surface area (Å²) in [5.74, 6) is 0.673. The molecule has 1 amide bonds. The van der Waals surface area contributed by atoms with Crippen molar-refractivity contribution in [2.45, 2.75) is 39.2 Å². The van der Waals surface area contributed by atoms with Gasteiger partial charge in [-0.1, -0.05) is 13.3 Å². The van der Waals surface area contributed by atoms with Gasteiger partial charge >= 0.3 is 0 Å². The molecule has 0 radical (unpaired) electrons. The third kappa shape index (κ3) is 5.61. The van der Waals surface area contributed by atoms with Crippen LogP contribution in [0.1, 0.15) is 44.0 Å². The van der Waals surface area contributed by atoms with E-state index in [0.29, 0.717) is 18.7 Å². The Morgan fingerprint density at radius 1 is 1.30 bits per heavy atom. The molecule has 0 bridgehead atoms. The van der Waals surface area contributed by atoms with E-state index in [4.69, 9.17) is 4.74 Å². The van der Waals surface area contributed by atoms with Gasteiger partial charge in [-0.2, -0.15) is 0 Å². The highest BCUT2D eigenvalue weighted by Crippen LogP contribution is 2.15. The third-order valence-electron chi connectivity index (χ3n) is 2.84. The number of carbonyl (C=O) groups is 1. The smallest absolute Gasteiger partial charge is 0.253 e. The molecular formula is C16H25NO3. The number of likely N-dealkylation sites (N-methyl/N-ethyl adjacent to an activating group) is 1. The SMILES string of the molecule is CCCCOc1ccc(C(=O)N(C)CC(C)(C)O)cc1. The van der Waals surface area contributed by atoms with E-state index >= 15 is 0 Å². The highest BCUT2D eigenvalue weighted by Gasteiger charge is 2.20. The molecule has 0 spiro atoms. The lowest BCUT2D eigenvalue weighted by Crippen LogP contribution is -2.39. The maximum absolute atomic E-state index is 12.2. The number of benzene rings is 1. The summed E-state index contributed by atoms with van der Waals surface area (Å²) in [4.78, 5) is 13.7. The zero-order valence-electron chi connectivity index (χ0n) is 12.8. The van der Waals surface area contributed by atoms with Gasteiger partial charge in [-0.05, 0) is 44.5 Å². The predicted molar refractivity (Wildman–Crippen MR) is 80.1 cm³/mol. The van der Waals surface area contributed by atoms with Gasteiger partial charge in [-0.25, -0.2) is 0 Å². The standard InChI is InChI=1S/C16H25NO3/c1-5-6-11-20-14-9-7-13(8-10-14)15(18)17(4)12-16(2,3)19/h7-10,19H,5-6,11-12H2,1-4H3. The molecule has 0 aliphatic rings. The monoisotopic (exact) mass is 279 g/mol. The van der Waals surface area contributed by atoms with Crippen molar-refractivity contribution in [3.8, 4) is 5.75 Å². The fraction of sp³-hybridized carbons (Fsp3) is 0.562. The summed E-state index contributed by atoms with van der Waals surface area (Å²) in [5.41, 5.74) is -0.298. The molecule has 0 aliphatic heterocycles. The molecule has 1 N–H and O–H groups in total. The second-order valence-electron chi connectivity index (χ2n) is 5.70. The van der Waals surface area contributed by atoms with Gasteiger partial charge in [-0.15, -0.1) is 0 Å². The van der Waals surface area contributed by atoms with Gasteiger partial charge in [0.15, 0.2) is 0 Å². The number of hydrogen-bond acceptors (Lipinski definition) is 3. The first kappa shape index (κ1) is 16.5. The van der Waals surface area contributed by atoms with Gasteiger partial charge in [0.1, 0.15) is 5.75 Å². The van der Waals surface area contributed by atoms with Crippen molar-refractivity contribution in [2.24, 2.45) is 0 Å². The van der Waals surface area contributed by atoms with Gasteiger partial charge < -0.3 is 14.7 Å². The molecule has 0 unspecified atom stereocenters. The molecule has 20 heavy (non-hydrogen) atoms. The average Bonchev–Trinajstić information content (AvgIpc) is 2.37. The maximum atomic E-state index is 12.2. The number of amides is 1. The van der Waals surface area contributed by atoms with Crippen molar-refractivity contribution < 1.29 is 14.6 Å². The van der Waals surface area contributed by atoms with Gasteiger partial charge in [0.05, 0.1) is 12.2 Å². The van der Waals surface area contributed by atoms with Crippen LogP contribution in [-0.2, 0) is 0 Å². The zero-order valence-corrected chi connectivity index (χ0v) is 12.8. The first-order valence-corrected chi connectivity index (χ1v) is 7.04. The van der Waals surface area contributed by atoms with Crippen LogP contribution in [0.4, 0.5) is 0 Å². The van der Waals surface area contributed by atoms with Crippen molar-refractivity contribution in [3.05, 3.63) is 29.8 Å². The fourth-order valence-corrected chi connectivity index (χ4v) is 1.90. The molecule has 4 heteroatoms. The van der Waals surface area contributed by atoms with Crippen molar-refractivity contribution in [1.82, 2.24) is 4.90 Å². The molecule has 1 aromatic carbocycles. The summed E-state index contributed by atoms with van der Waals surface area (Å²) in [6.07, 6.45) is 2.12. The molecule has 1 rings (SSSR count). The summed E-state index contributed by atoms with van der Waals surface area (Å²) in [5, 5.41) is 9.73. The first-order valence-electron chi connectivity index (χ1n) is 7.04. The lowest BCUT2D eigenvalue weighted by Gasteiger charge is -2.25. The Hall–Kier alpha value is -1.55. The van der Waals surface area contributed by atoms with Gasteiger partial charge in [0, 0.05) is 19.2 Å². The van der Waals surface area contributed by atoms with Gasteiger partial charge in [-0.3, -0.25) is 4.79 Å². The lowest BCUT2D eigenvalue weighted by atomic mass is 10.1. The van der Waals surface area contributed by atoms with Crippen LogP contribution in [0, 0.1) is 0 Å². The zero-order chi connectivity index (χ0) is 15.2. The molecule has 0 fully saturated rings. The summed E-state index contributed by atoms with van der Waals surface area (Å²) < 4.78 is 5.56. The Kier molecular flexibility index (Phi) is 6.02. The van der Waals surface area contributed by atoms with E-state index in [1.807, 2.05) is 0 Å². The van der Waals surface area contributed by atoms with E-state index in [2.05, 4.69) is 6.92 Å². The highest BCUT2D eigenvalue weighted by atomic mass is 16.5. The number of hydrogen-bond donors (Lipinski definition) is 1. The minimum absolute atomic E-state index is 0.104. The van der Waals surface area contributed by atoms with Gasteiger partial charge in [0.2, 0.25) is 0 Å². The number of rotatable bonds is 7. The molecular weight excluding hydrogens is 254 g/mol. The molecule has 112 valence electrons. The van der Waals surface area contributed by atoms with Crippen LogP contribution in [0.15, 0.2) is 24.3 Å². The van der Waals surface area contributed by atoms with Crippen LogP contribution >= 0.6 is 0 Å². The summed E-state index contributed by atoms with van der Waals surface area (Å²) in [6, 6.07) is 7.12. The number of nitrogens with zero attached hydrogens (tertiary/aromatic N) is 1. The van der Waals surface area contributed by atoms with Crippen LogP contribution < -0.4 is 4.74 Å². The van der Waals surface area contributed by atoms with E-state index in [9.17, 15) is 9.90 Å². The molecule has 0 saturated heterocycles. The number of carbonyl (C=O) groups excluding carboxylic acids is 1. The lowest BCUT2D eigenvalue weighted by molar-refractivity contribution is 0.0368. The number of unbranched alkanes of at least 4 members (excludes halogenated alkanes) is 1. The van der Waals surface area contributed by atoms with Crippen molar-refractivity contribution >= 4 is 5.91 Å².